The smallest absolute Gasteiger partial charge is 0.330 e. The van der Waals surface area contributed by atoms with E-state index in [0.29, 0.717) is 0 Å². The Morgan fingerprint density at radius 1 is 1.35 bits per heavy atom. The molecule has 1 fully saturated rings. The molecule has 1 N–H and O–H groups in total. The van der Waals surface area contributed by atoms with Crippen molar-refractivity contribution >= 4 is 5.97 Å². The summed E-state index contributed by atoms with van der Waals surface area (Å²) in [5.74, 6) is -1.82. The summed E-state index contributed by atoms with van der Waals surface area (Å²) in [7, 11) is 1.24. The standard InChI is InChI=1S/C15H19F2NO2/c1-15(14(19)20-2,18-11-5-3-4-6-11)12-9-10(16)7-8-13(12)17/h7-9,11,18H,3-6H2,1-2H3. The van der Waals surface area contributed by atoms with Crippen LogP contribution >= 0.6 is 0 Å². The van der Waals surface area contributed by atoms with Crippen molar-refractivity contribution in [1.29, 1.82) is 0 Å². The molecule has 0 bridgehead atoms. The van der Waals surface area contributed by atoms with Crippen molar-refractivity contribution in [2.75, 3.05) is 7.11 Å². The van der Waals surface area contributed by atoms with Crippen LogP contribution in [0.4, 0.5) is 8.78 Å². The van der Waals surface area contributed by atoms with E-state index in [-0.39, 0.29) is 11.6 Å². The molecule has 0 heterocycles. The molecule has 20 heavy (non-hydrogen) atoms. The second-order valence-electron chi connectivity index (χ2n) is 5.37. The zero-order valence-electron chi connectivity index (χ0n) is 11.7. The number of carbonyl (C=O) groups excluding carboxylic acids is 1. The van der Waals surface area contributed by atoms with Gasteiger partial charge in [0.25, 0.3) is 0 Å². The summed E-state index contributed by atoms with van der Waals surface area (Å²) < 4.78 is 32.2. The maximum absolute atomic E-state index is 14.0. The Labute approximate surface area is 117 Å². The number of hydrogen-bond donors (Lipinski definition) is 1. The van der Waals surface area contributed by atoms with Gasteiger partial charge in [-0.15, -0.1) is 0 Å². The van der Waals surface area contributed by atoms with E-state index in [2.05, 4.69) is 5.32 Å². The minimum absolute atomic E-state index is 0.0174. The maximum atomic E-state index is 14.0. The molecule has 0 saturated heterocycles. The van der Waals surface area contributed by atoms with Crippen LogP contribution in [0.2, 0.25) is 0 Å². The molecule has 1 saturated carbocycles. The molecular weight excluding hydrogens is 264 g/mol. The van der Waals surface area contributed by atoms with E-state index in [0.717, 1.165) is 43.9 Å². The number of carbonyl (C=O) groups is 1. The highest BCUT2D eigenvalue weighted by atomic mass is 19.1. The number of halogens is 2. The van der Waals surface area contributed by atoms with E-state index in [1.54, 1.807) is 0 Å². The third-order valence-corrected chi connectivity index (χ3v) is 3.91. The Bertz CT molecular complexity index is 501. The van der Waals surface area contributed by atoms with Gasteiger partial charge in [0.1, 0.15) is 17.2 Å². The van der Waals surface area contributed by atoms with Gasteiger partial charge in [-0.1, -0.05) is 12.8 Å². The number of hydrogen-bond acceptors (Lipinski definition) is 3. The molecule has 0 amide bonds. The molecule has 1 aromatic carbocycles. The van der Waals surface area contributed by atoms with E-state index < -0.39 is 23.1 Å². The predicted molar refractivity (Wildman–Crippen MR) is 71.1 cm³/mol. The summed E-state index contributed by atoms with van der Waals surface area (Å²) in [4.78, 5) is 12.1. The summed E-state index contributed by atoms with van der Waals surface area (Å²) in [6.07, 6.45) is 3.98. The first-order valence-corrected chi connectivity index (χ1v) is 6.79. The lowest BCUT2D eigenvalue weighted by atomic mass is 9.90. The van der Waals surface area contributed by atoms with E-state index in [1.807, 2.05) is 0 Å². The molecule has 0 aliphatic heterocycles. The van der Waals surface area contributed by atoms with Gasteiger partial charge in [0.2, 0.25) is 0 Å². The van der Waals surface area contributed by atoms with Crippen molar-refractivity contribution in [3.05, 3.63) is 35.4 Å². The molecule has 2 rings (SSSR count). The fourth-order valence-electron chi connectivity index (χ4n) is 2.81. The van der Waals surface area contributed by atoms with Gasteiger partial charge in [-0.25, -0.2) is 13.6 Å². The molecule has 1 atom stereocenters. The van der Waals surface area contributed by atoms with Crippen LogP contribution in [0.5, 0.6) is 0 Å². The highest BCUT2D eigenvalue weighted by Gasteiger charge is 2.41. The topological polar surface area (TPSA) is 38.3 Å². The average Bonchev–Trinajstić information content (AvgIpc) is 2.93. The van der Waals surface area contributed by atoms with Crippen molar-refractivity contribution < 1.29 is 18.3 Å². The molecule has 1 aliphatic carbocycles. The molecule has 0 spiro atoms. The molecule has 5 heteroatoms. The van der Waals surface area contributed by atoms with Crippen molar-refractivity contribution in [1.82, 2.24) is 5.32 Å². The van der Waals surface area contributed by atoms with Crippen LogP contribution in [-0.2, 0) is 15.1 Å². The lowest BCUT2D eigenvalue weighted by Gasteiger charge is -2.32. The van der Waals surface area contributed by atoms with Gasteiger partial charge in [-0.3, -0.25) is 5.32 Å². The van der Waals surface area contributed by atoms with Crippen LogP contribution in [0.1, 0.15) is 38.2 Å². The minimum atomic E-state index is -1.38. The van der Waals surface area contributed by atoms with Crippen LogP contribution in [0.25, 0.3) is 0 Å². The third kappa shape index (κ3) is 2.82. The Hall–Kier alpha value is -1.49. The first-order valence-electron chi connectivity index (χ1n) is 6.79. The number of methoxy groups -OCH3 is 1. The Morgan fingerprint density at radius 3 is 2.60 bits per heavy atom. The maximum Gasteiger partial charge on any atom is 0.330 e. The van der Waals surface area contributed by atoms with Gasteiger partial charge >= 0.3 is 5.97 Å². The lowest BCUT2D eigenvalue weighted by Crippen LogP contribution is -2.51. The van der Waals surface area contributed by atoms with Crippen LogP contribution < -0.4 is 5.32 Å². The molecule has 0 aromatic heterocycles. The highest BCUT2D eigenvalue weighted by molar-refractivity contribution is 5.82. The van der Waals surface area contributed by atoms with Crippen LogP contribution in [0.15, 0.2) is 18.2 Å². The summed E-state index contributed by atoms with van der Waals surface area (Å²) in [5.41, 5.74) is -1.40. The van der Waals surface area contributed by atoms with E-state index in [9.17, 15) is 13.6 Å². The molecular formula is C15H19F2NO2. The van der Waals surface area contributed by atoms with E-state index in [1.165, 1.54) is 14.0 Å². The summed E-state index contributed by atoms with van der Waals surface area (Å²) in [6, 6.07) is 3.23. The SMILES string of the molecule is COC(=O)C(C)(NC1CCCC1)c1cc(F)ccc1F. The number of rotatable bonds is 4. The highest BCUT2D eigenvalue weighted by Crippen LogP contribution is 2.29. The van der Waals surface area contributed by atoms with Gasteiger partial charge < -0.3 is 4.74 Å². The minimum Gasteiger partial charge on any atom is -0.467 e. The van der Waals surface area contributed by atoms with Crippen molar-refractivity contribution in [3.63, 3.8) is 0 Å². The Kier molecular flexibility index (Phi) is 4.38. The first-order chi connectivity index (χ1) is 9.47. The summed E-state index contributed by atoms with van der Waals surface area (Å²) in [6.45, 7) is 1.54. The summed E-state index contributed by atoms with van der Waals surface area (Å²) >= 11 is 0. The Balaban J connectivity index is 2.39. The number of nitrogens with one attached hydrogen (secondary N) is 1. The van der Waals surface area contributed by atoms with Crippen LogP contribution in [0, 0.1) is 11.6 Å². The van der Waals surface area contributed by atoms with Gasteiger partial charge in [-0.2, -0.15) is 0 Å². The fourth-order valence-corrected chi connectivity index (χ4v) is 2.81. The molecule has 3 nitrogen and oxygen atoms in total. The molecule has 110 valence electrons. The second-order valence-corrected chi connectivity index (χ2v) is 5.37. The van der Waals surface area contributed by atoms with Crippen molar-refractivity contribution in [3.8, 4) is 0 Å². The monoisotopic (exact) mass is 283 g/mol. The average molecular weight is 283 g/mol. The van der Waals surface area contributed by atoms with Gasteiger partial charge in [0, 0.05) is 11.6 Å². The van der Waals surface area contributed by atoms with Crippen molar-refractivity contribution in [2.45, 2.75) is 44.2 Å². The van der Waals surface area contributed by atoms with Gasteiger partial charge in [0.15, 0.2) is 0 Å². The quantitative estimate of drug-likeness (QED) is 0.864. The van der Waals surface area contributed by atoms with Crippen LogP contribution in [0.3, 0.4) is 0 Å². The first kappa shape index (κ1) is 14.9. The molecule has 1 unspecified atom stereocenters. The molecule has 1 aromatic rings. The zero-order valence-corrected chi connectivity index (χ0v) is 11.7. The summed E-state index contributed by atoms with van der Waals surface area (Å²) in [5, 5.41) is 3.15. The number of ether oxygens (including phenoxy) is 1. The number of benzene rings is 1. The third-order valence-electron chi connectivity index (χ3n) is 3.91. The van der Waals surface area contributed by atoms with Gasteiger partial charge in [-0.05, 0) is 38.0 Å². The van der Waals surface area contributed by atoms with Crippen molar-refractivity contribution in [2.24, 2.45) is 0 Å². The molecule has 1 aliphatic rings. The van der Waals surface area contributed by atoms with E-state index in [4.69, 9.17) is 4.74 Å². The largest absolute Gasteiger partial charge is 0.467 e. The normalized spacial score (nSPS) is 18.8. The molecule has 0 radical (unpaired) electrons. The Morgan fingerprint density at radius 2 is 2.00 bits per heavy atom. The second kappa shape index (κ2) is 5.87. The number of esters is 1. The fraction of sp³-hybridized carbons (Fsp3) is 0.533. The lowest BCUT2D eigenvalue weighted by molar-refractivity contribution is -0.149. The zero-order chi connectivity index (χ0) is 14.8. The van der Waals surface area contributed by atoms with E-state index >= 15 is 0 Å². The van der Waals surface area contributed by atoms with Gasteiger partial charge in [0.05, 0.1) is 7.11 Å². The van der Waals surface area contributed by atoms with Crippen LogP contribution in [-0.4, -0.2) is 19.1 Å². The predicted octanol–water partition coefficient (Wildman–Crippen LogP) is 2.89.